The maximum atomic E-state index is 6.19. The summed E-state index contributed by atoms with van der Waals surface area (Å²) >= 11 is 0. The van der Waals surface area contributed by atoms with Gasteiger partial charge < -0.3 is 14.1 Å². The number of allylic oxidation sites excluding steroid dienone is 2. The van der Waals surface area contributed by atoms with Crippen LogP contribution in [-0.2, 0) is 9.16 Å². The molecule has 0 N–H and O–H groups in total. The Labute approximate surface area is 131 Å². The molecule has 0 radical (unpaired) electrons. The smallest absolute Gasteiger partial charge is 0.189 e. The molecule has 21 heavy (non-hydrogen) atoms. The first kappa shape index (κ1) is 16.6. The summed E-state index contributed by atoms with van der Waals surface area (Å²) in [5.41, 5.74) is 0. The summed E-state index contributed by atoms with van der Waals surface area (Å²) in [6.45, 7) is 8.40. The molecule has 0 amide bonds. The zero-order chi connectivity index (χ0) is 15.0. The molecule has 0 saturated carbocycles. The van der Waals surface area contributed by atoms with Crippen LogP contribution in [0.25, 0.3) is 0 Å². The van der Waals surface area contributed by atoms with Crippen LogP contribution in [0, 0.1) is 0 Å². The Kier molecular flexibility index (Phi) is 6.84. The molecule has 1 atom stereocenters. The van der Waals surface area contributed by atoms with Gasteiger partial charge in [-0.1, -0.05) is 25.3 Å². The highest BCUT2D eigenvalue weighted by Gasteiger charge is 2.28. The highest BCUT2D eigenvalue weighted by Crippen LogP contribution is 2.25. The predicted molar refractivity (Wildman–Crippen MR) is 90.7 cm³/mol. The molecule has 0 aromatic rings. The Balaban J connectivity index is 1.96. The first-order valence-electron chi connectivity index (χ1n) is 8.62. The van der Waals surface area contributed by atoms with Crippen molar-refractivity contribution in [3.63, 3.8) is 0 Å². The molecule has 1 unspecified atom stereocenters. The van der Waals surface area contributed by atoms with E-state index >= 15 is 0 Å². The van der Waals surface area contributed by atoms with Gasteiger partial charge >= 0.3 is 0 Å². The van der Waals surface area contributed by atoms with E-state index in [0.29, 0.717) is 6.61 Å². The monoisotopic (exact) mass is 309 g/mol. The van der Waals surface area contributed by atoms with Gasteiger partial charge in [0.05, 0.1) is 0 Å². The van der Waals surface area contributed by atoms with E-state index in [1.165, 1.54) is 44.2 Å². The molecule has 2 heterocycles. The molecule has 120 valence electrons. The molecule has 0 aromatic heterocycles. The summed E-state index contributed by atoms with van der Waals surface area (Å²) in [6.07, 6.45) is 12.8. The standard InChI is InChI=1S/C17H31NO2Si/c1-3-20-21(2)15-9-5-4-7-12-18(13-10-16-21)17-11-6-8-14-19-17/h6,8,11H,3-5,7,9-10,12-16H2,1-2H3. The van der Waals surface area contributed by atoms with E-state index in [1.54, 1.807) is 0 Å². The van der Waals surface area contributed by atoms with Crippen LogP contribution in [0.1, 0.15) is 39.0 Å². The molecular formula is C17H31NO2Si. The van der Waals surface area contributed by atoms with Crippen LogP contribution in [-0.4, -0.2) is 39.5 Å². The SMILES string of the molecule is CCO[Si]1(C)CCCCCCN(C2=CC=CCO2)CCC1. The van der Waals surface area contributed by atoms with Gasteiger partial charge in [-0.15, -0.1) is 0 Å². The van der Waals surface area contributed by atoms with E-state index in [2.05, 4.69) is 36.6 Å². The van der Waals surface area contributed by atoms with Crippen LogP contribution in [0.3, 0.4) is 0 Å². The van der Waals surface area contributed by atoms with Gasteiger partial charge in [0.25, 0.3) is 0 Å². The third-order valence-electron chi connectivity index (χ3n) is 4.52. The van der Waals surface area contributed by atoms with Crippen LogP contribution in [0.5, 0.6) is 0 Å². The summed E-state index contributed by atoms with van der Waals surface area (Å²) in [5.74, 6) is 1.07. The fraction of sp³-hybridized carbons (Fsp3) is 0.765. The van der Waals surface area contributed by atoms with Crippen molar-refractivity contribution in [3.05, 3.63) is 24.1 Å². The van der Waals surface area contributed by atoms with E-state index in [0.717, 1.165) is 25.6 Å². The maximum Gasteiger partial charge on any atom is 0.189 e. The Bertz CT molecular complexity index is 370. The fourth-order valence-electron chi connectivity index (χ4n) is 3.33. The molecule has 2 rings (SSSR count). The fourth-order valence-corrected chi connectivity index (χ4v) is 6.47. The van der Waals surface area contributed by atoms with Crippen LogP contribution >= 0.6 is 0 Å². The van der Waals surface area contributed by atoms with Crippen molar-refractivity contribution in [1.82, 2.24) is 4.90 Å². The summed E-state index contributed by atoms with van der Waals surface area (Å²) in [4.78, 5) is 2.44. The van der Waals surface area contributed by atoms with Crippen molar-refractivity contribution < 1.29 is 9.16 Å². The predicted octanol–water partition coefficient (Wildman–Crippen LogP) is 4.29. The lowest BCUT2D eigenvalue weighted by Crippen LogP contribution is -2.35. The minimum Gasteiger partial charge on any atom is -0.475 e. The van der Waals surface area contributed by atoms with Crippen molar-refractivity contribution >= 4 is 8.32 Å². The van der Waals surface area contributed by atoms with Crippen molar-refractivity contribution in [1.29, 1.82) is 0 Å². The Morgan fingerprint density at radius 1 is 1.14 bits per heavy atom. The largest absolute Gasteiger partial charge is 0.475 e. The van der Waals surface area contributed by atoms with E-state index in [9.17, 15) is 0 Å². The van der Waals surface area contributed by atoms with Gasteiger partial charge in [-0.25, -0.2) is 0 Å². The van der Waals surface area contributed by atoms with Gasteiger partial charge in [-0.05, 0) is 50.6 Å². The molecule has 1 saturated heterocycles. The van der Waals surface area contributed by atoms with Gasteiger partial charge in [0.1, 0.15) is 6.61 Å². The molecule has 0 aromatic carbocycles. The van der Waals surface area contributed by atoms with E-state index in [-0.39, 0.29) is 0 Å². The van der Waals surface area contributed by atoms with Crippen molar-refractivity contribution in [2.75, 3.05) is 26.3 Å². The Morgan fingerprint density at radius 2 is 1.90 bits per heavy atom. The van der Waals surface area contributed by atoms with Gasteiger partial charge in [-0.2, -0.15) is 0 Å². The Morgan fingerprint density at radius 3 is 2.67 bits per heavy atom. The zero-order valence-electron chi connectivity index (χ0n) is 13.8. The second kappa shape index (κ2) is 8.64. The van der Waals surface area contributed by atoms with E-state index < -0.39 is 8.32 Å². The van der Waals surface area contributed by atoms with Crippen molar-refractivity contribution in [2.45, 2.75) is 57.7 Å². The normalized spacial score (nSPS) is 28.5. The van der Waals surface area contributed by atoms with Gasteiger partial charge in [-0.3, -0.25) is 0 Å². The quantitative estimate of drug-likeness (QED) is 0.726. The summed E-state index contributed by atoms with van der Waals surface area (Å²) in [7, 11) is -1.48. The minimum absolute atomic E-state index is 0.716. The number of hydrogen-bond donors (Lipinski definition) is 0. The molecule has 1 fully saturated rings. The third kappa shape index (κ3) is 5.51. The average molecular weight is 310 g/mol. The van der Waals surface area contributed by atoms with Crippen molar-refractivity contribution in [3.8, 4) is 0 Å². The maximum absolute atomic E-state index is 6.19. The van der Waals surface area contributed by atoms with E-state index in [4.69, 9.17) is 9.16 Å². The summed E-state index contributed by atoms with van der Waals surface area (Å²) < 4.78 is 12.0. The number of nitrogens with zero attached hydrogens (tertiary/aromatic N) is 1. The average Bonchev–Trinajstić information content (AvgIpc) is 2.53. The highest BCUT2D eigenvalue weighted by molar-refractivity contribution is 6.72. The van der Waals surface area contributed by atoms with E-state index in [1.807, 2.05) is 0 Å². The zero-order valence-corrected chi connectivity index (χ0v) is 14.8. The molecular weight excluding hydrogens is 278 g/mol. The lowest BCUT2D eigenvalue weighted by molar-refractivity contribution is 0.125. The minimum atomic E-state index is -1.48. The first-order chi connectivity index (χ1) is 10.2. The van der Waals surface area contributed by atoms with Gasteiger partial charge in [0.2, 0.25) is 0 Å². The van der Waals surface area contributed by atoms with Crippen LogP contribution in [0.4, 0.5) is 0 Å². The second-order valence-corrected chi connectivity index (χ2v) is 10.6. The molecule has 2 aliphatic rings. The number of rotatable bonds is 3. The summed E-state index contributed by atoms with van der Waals surface area (Å²) in [5, 5.41) is 0. The second-order valence-electron chi connectivity index (χ2n) is 6.38. The molecule has 2 aliphatic heterocycles. The highest BCUT2D eigenvalue weighted by atomic mass is 28.4. The Hall–Kier alpha value is -0.743. The van der Waals surface area contributed by atoms with Crippen LogP contribution in [0.2, 0.25) is 18.6 Å². The third-order valence-corrected chi connectivity index (χ3v) is 8.33. The van der Waals surface area contributed by atoms with Gasteiger partial charge in [0.15, 0.2) is 14.2 Å². The lowest BCUT2D eigenvalue weighted by atomic mass is 10.2. The van der Waals surface area contributed by atoms with Gasteiger partial charge in [0, 0.05) is 19.7 Å². The van der Waals surface area contributed by atoms with Crippen molar-refractivity contribution in [2.24, 2.45) is 0 Å². The van der Waals surface area contributed by atoms with Crippen LogP contribution in [0.15, 0.2) is 24.1 Å². The molecule has 3 nitrogen and oxygen atoms in total. The molecule has 4 heteroatoms. The molecule has 0 bridgehead atoms. The number of ether oxygens (including phenoxy) is 1. The topological polar surface area (TPSA) is 21.7 Å². The first-order valence-corrected chi connectivity index (χ1v) is 11.4. The molecule has 0 spiro atoms. The van der Waals surface area contributed by atoms with Crippen LogP contribution < -0.4 is 0 Å². The number of hydrogen-bond acceptors (Lipinski definition) is 3. The molecule has 0 aliphatic carbocycles. The summed E-state index contributed by atoms with van der Waals surface area (Å²) in [6, 6.07) is 2.61. The lowest BCUT2D eigenvalue weighted by Gasteiger charge is -2.30.